The Morgan fingerprint density at radius 1 is 1.31 bits per heavy atom. The molecule has 0 atom stereocenters. The molecule has 0 spiro atoms. The molecular formula is C11H14NO. The van der Waals surface area contributed by atoms with E-state index < -0.39 is 5.91 Å². The molecule has 0 fully saturated rings. The number of amides is 1. The van der Waals surface area contributed by atoms with Crippen molar-refractivity contribution in [1.82, 2.24) is 5.73 Å². The average molecular weight is 176 g/mol. The standard InChI is InChI=1S/C11H14NO/c1-3-8-6-5-7-10(11(12)13)9(8)4-2/h5-7,12H,3-4H2,1-2H3. The van der Waals surface area contributed by atoms with Gasteiger partial charge in [0.15, 0.2) is 0 Å². The van der Waals surface area contributed by atoms with Crippen LogP contribution in [0, 0.1) is 0 Å². The summed E-state index contributed by atoms with van der Waals surface area (Å²) >= 11 is 0. The fraction of sp³-hybridized carbons (Fsp3) is 0.364. The first-order chi connectivity index (χ1) is 6.20. The predicted octanol–water partition coefficient (Wildman–Crippen LogP) is 2.23. The van der Waals surface area contributed by atoms with Gasteiger partial charge in [0.2, 0.25) is 0 Å². The lowest BCUT2D eigenvalue weighted by Crippen LogP contribution is -2.06. The van der Waals surface area contributed by atoms with Crippen molar-refractivity contribution >= 4 is 5.91 Å². The number of carbonyl (C=O) groups is 1. The number of hydrogen-bond donors (Lipinski definition) is 0. The molecule has 0 aliphatic carbocycles. The van der Waals surface area contributed by atoms with Crippen molar-refractivity contribution in [3.63, 3.8) is 0 Å². The molecule has 1 rings (SSSR count). The van der Waals surface area contributed by atoms with Crippen molar-refractivity contribution in [3.8, 4) is 0 Å². The van der Waals surface area contributed by atoms with E-state index in [1.807, 2.05) is 19.1 Å². The van der Waals surface area contributed by atoms with Crippen molar-refractivity contribution in [3.05, 3.63) is 34.9 Å². The van der Waals surface area contributed by atoms with Crippen LogP contribution in [0.1, 0.15) is 35.3 Å². The second kappa shape index (κ2) is 4.08. The highest BCUT2D eigenvalue weighted by Gasteiger charge is 2.09. The van der Waals surface area contributed by atoms with Gasteiger partial charge in [-0.25, -0.2) is 0 Å². The molecule has 0 bridgehead atoms. The monoisotopic (exact) mass is 176 g/mol. The Morgan fingerprint density at radius 2 is 2.00 bits per heavy atom. The molecule has 2 nitrogen and oxygen atoms in total. The Hall–Kier alpha value is -1.31. The fourth-order valence-electron chi connectivity index (χ4n) is 1.60. The minimum absolute atomic E-state index is 0.557. The molecule has 0 aliphatic rings. The molecule has 0 aliphatic heterocycles. The summed E-state index contributed by atoms with van der Waals surface area (Å²) in [6.45, 7) is 4.08. The van der Waals surface area contributed by atoms with Gasteiger partial charge in [-0.3, -0.25) is 10.5 Å². The van der Waals surface area contributed by atoms with Gasteiger partial charge >= 0.3 is 0 Å². The maximum Gasteiger partial charge on any atom is 0.269 e. The summed E-state index contributed by atoms with van der Waals surface area (Å²) in [6, 6.07) is 5.60. The van der Waals surface area contributed by atoms with Gasteiger partial charge in [-0.2, -0.15) is 0 Å². The van der Waals surface area contributed by atoms with Gasteiger partial charge in [0.25, 0.3) is 5.91 Å². The SMILES string of the molecule is CCc1cccc(C([NH])=O)c1CC. The summed E-state index contributed by atoms with van der Waals surface area (Å²) in [5.74, 6) is -0.577. The van der Waals surface area contributed by atoms with E-state index in [-0.39, 0.29) is 0 Å². The van der Waals surface area contributed by atoms with Crippen LogP contribution in [0.4, 0.5) is 0 Å². The van der Waals surface area contributed by atoms with Gasteiger partial charge in [0.05, 0.1) is 0 Å². The lowest BCUT2D eigenvalue weighted by atomic mass is 9.97. The van der Waals surface area contributed by atoms with Crippen LogP contribution in [-0.2, 0) is 12.8 Å². The van der Waals surface area contributed by atoms with Crippen molar-refractivity contribution in [2.45, 2.75) is 26.7 Å². The zero-order chi connectivity index (χ0) is 9.84. The Balaban J connectivity index is 3.27. The third-order valence-electron chi connectivity index (χ3n) is 2.25. The fourth-order valence-corrected chi connectivity index (χ4v) is 1.60. The van der Waals surface area contributed by atoms with E-state index in [0.717, 1.165) is 18.4 Å². The zero-order valence-electron chi connectivity index (χ0n) is 8.05. The molecule has 0 heterocycles. The number of rotatable bonds is 3. The van der Waals surface area contributed by atoms with Crippen molar-refractivity contribution in [2.75, 3.05) is 0 Å². The molecule has 1 aromatic carbocycles. The van der Waals surface area contributed by atoms with Crippen molar-refractivity contribution < 1.29 is 4.79 Å². The molecule has 0 saturated carbocycles. The van der Waals surface area contributed by atoms with Gasteiger partial charge in [0, 0.05) is 5.56 Å². The number of nitrogens with one attached hydrogen (secondary N) is 1. The van der Waals surface area contributed by atoms with Crippen LogP contribution in [0.15, 0.2) is 18.2 Å². The highest BCUT2D eigenvalue weighted by atomic mass is 16.1. The molecule has 13 heavy (non-hydrogen) atoms. The van der Waals surface area contributed by atoms with E-state index in [1.165, 1.54) is 5.56 Å². The normalized spacial score (nSPS) is 10.0. The predicted molar refractivity (Wildman–Crippen MR) is 52.6 cm³/mol. The minimum Gasteiger partial charge on any atom is -0.267 e. The molecule has 0 unspecified atom stereocenters. The van der Waals surface area contributed by atoms with Crippen LogP contribution in [0.25, 0.3) is 0 Å². The second-order valence-electron chi connectivity index (χ2n) is 2.98. The lowest BCUT2D eigenvalue weighted by Gasteiger charge is -2.08. The van der Waals surface area contributed by atoms with Crippen molar-refractivity contribution in [1.29, 1.82) is 0 Å². The Bertz CT molecular complexity index is 318. The number of benzene rings is 1. The molecule has 2 heteroatoms. The average Bonchev–Trinajstić information content (AvgIpc) is 2.16. The first-order valence-corrected chi connectivity index (χ1v) is 4.57. The molecular weight excluding hydrogens is 162 g/mol. The van der Waals surface area contributed by atoms with E-state index >= 15 is 0 Å². The highest BCUT2D eigenvalue weighted by molar-refractivity contribution is 5.94. The van der Waals surface area contributed by atoms with E-state index in [2.05, 4.69) is 6.92 Å². The first-order valence-electron chi connectivity index (χ1n) is 4.57. The highest BCUT2D eigenvalue weighted by Crippen LogP contribution is 2.16. The van der Waals surface area contributed by atoms with Gasteiger partial charge in [-0.15, -0.1) is 0 Å². The maximum absolute atomic E-state index is 11.0. The largest absolute Gasteiger partial charge is 0.269 e. The van der Waals surface area contributed by atoms with Gasteiger partial charge in [0.1, 0.15) is 0 Å². The van der Waals surface area contributed by atoms with Crippen LogP contribution >= 0.6 is 0 Å². The summed E-state index contributed by atoms with van der Waals surface area (Å²) in [4.78, 5) is 11.0. The van der Waals surface area contributed by atoms with Gasteiger partial charge in [-0.05, 0) is 30.0 Å². The van der Waals surface area contributed by atoms with Crippen molar-refractivity contribution in [2.24, 2.45) is 0 Å². The van der Waals surface area contributed by atoms with E-state index in [0.29, 0.717) is 5.56 Å². The van der Waals surface area contributed by atoms with Crippen LogP contribution in [0.3, 0.4) is 0 Å². The molecule has 0 aromatic heterocycles. The van der Waals surface area contributed by atoms with Crippen LogP contribution in [0.5, 0.6) is 0 Å². The summed E-state index contributed by atoms with van der Waals surface area (Å²) in [5, 5.41) is 0. The van der Waals surface area contributed by atoms with Gasteiger partial charge in [-0.1, -0.05) is 26.0 Å². The van der Waals surface area contributed by atoms with Gasteiger partial charge < -0.3 is 0 Å². The first kappa shape index (κ1) is 9.78. The quantitative estimate of drug-likeness (QED) is 0.696. The van der Waals surface area contributed by atoms with E-state index in [1.54, 1.807) is 6.07 Å². The van der Waals surface area contributed by atoms with Crippen LogP contribution < -0.4 is 5.73 Å². The summed E-state index contributed by atoms with van der Waals surface area (Å²) in [6.07, 6.45) is 1.74. The molecule has 1 amide bonds. The molecule has 1 radical (unpaired) electrons. The summed E-state index contributed by atoms with van der Waals surface area (Å²) in [5.41, 5.74) is 9.87. The van der Waals surface area contributed by atoms with E-state index in [9.17, 15) is 4.79 Å². The van der Waals surface area contributed by atoms with E-state index in [4.69, 9.17) is 5.73 Å². The minimum atomic E-state index is -0.577. The second-order valence-corrected chi connectivity index (χ2v) is 2.98. The molecule has 1 aromatic rings. The molecule has 69 valence electrons. The Morgan fingerprint density at radius 3 is 2.46 bits per heavy atom. The summed E-state index contributed by atoms with van der Waals surface area (Å²) < 4.78 is 0. The zero-order valence-corrected chi connectivity index (χ0v) is 8.05. The topological polar surface area (TPSA) is 40.9 Å². The number of carbonyl (C=O) groups excluding carboxylic acids is 1. The lowest BCUT2D eigenvalue weighted by molar-refractivity contribution is 0.0991. The Labute approximate surface area is 78.8 Å². The molecule has 1 N–H and O–H groups in total. The number of hydrogen-bond acceptors (Lipinski definition) is 1. The number of aryl methyl sites for hydroxylation is 1. The Kier molecular flexibility index (Phi) is 3.07. The maximum atomic E-state index is 11.0. The third-order valence-corrected chi connectivity index (χ3v) is 2.25. The third kappa shape index (κ3) is 1.89. The summed E-state index contributed by atoms with van der Waals surface area (Å²) in [7, 11) is 0. The smallest absolute Gasteiger partial charge is 0.267 e. The van der Waals surface area contributed by atoms with Crippen LogP contribution in [-0.4, -0.2) is 5.91 Å². The molecule has 0 saturated heterocycles. The van der Waals surface area contributed by atoms with Crippen LogP contribution in [0.2, 0.25) is 0 Å².